The highest BCUT2D eigenvalue weighted by Crippen LogP contribution is 2.31. The Balaban J connectivity index is 1.99. The fourth-order valence-electron chi connectivity index (χ4n) is 2.41. The van der Waals surface area contributed by atoms with E-state index in [9.17, 15) is 4.79 Å². The highest BCUT2D eigenvalue weighted by atomic mass is 16.5. The second-order valence-electron chi connectivity index (χ2n) is 5.80. The Hall–Kier alpha value is -1.75. The summed E-state index contributed by atoms with van der Waals surface area (Å²) >= 11 is 0. The lowest BCUT2D eigenvalue weighted by atomic mass is 9.82. The molecule has 0 atom stereocenters. The molecule has 1 aliphatic heterocycles. The molecule has 1 heterocycles. The Morgan fingerprint density at radius 2 is 2.14 bits per heavy atom. The summed E-state index contributed by atoms with van der Waals surface area (Å²) in [4.78, 5) is 11.7. The first-order valence-electron chi connectivity index (χ1n) is 7.42. The van der Waals surface area contributed by atoms with Crippen molar-refractivity contribution in [1.82, 2.24) is 0 Å². The fourth-order valence-corrected chi connectivity index (χ4v) is 2.41. The fraction of sp³-hybridized carbons (Fsp3) is 0.562. The monoisotopic (exact) mass is 292 g/mol. The van der Waals surface area contributed by atoms with E-state index < -0.39 is 0 Å². The second-order valence-corrected chi connectivity index (χ2v) is 5.80. The van der Waals surface area contributed by atoms with Crippen molar-refractivity contribution >= 4 is 17.3 Å². The quantitative estimate of drug-likeness (QED) is 0.645. The maximum absolute atomic E-state index is 11.7. The molecule has 1 aromatic carbocycles. The van der Waals surface area contributed by atoms with Gasteiger partial charge in [0.2, 0.25) is 0 Å². The molecular weight excluding hydrogens is 268 g/mol. The number of carbonyl (C=O) groups excluding carboxylic acids is 1. The number of nitrogens with two attached hydrogens (primary N) is 1. The number of hydrogen-bond donors (Lipinski definition) is 2. The van der Waals surface area contributed by atoms with E-state index in [0.717, 1.165) is 38.3 Å². The van der Waals surface area contributed by atoms with Crippen molar-refractivity contribution in [2.24, 2.45) is 5.41 Å². The lowest BCUT2D eigenvalue weighted by Crippen LogP contribution is -2.33. The molecule has 0 aromatic heterocycles. The van der Waals surface area contributed by atoms with Gasteiger partial charge in [0, 0.05) is 19.8 Å². The average Bonchev–Trinajstić information content (AvgIpc) is 2.47. The van der Waals surface area contributed by atoms with Crippen molar-refractivity contribution in [2.75, 3.05) is 37.4 Å². The molecule has 5 nitrogen and oxygen atoms in total. The smallest absolute Gasteiger partial charge is 0.338 e. The molecule has 0 amide bonds. The van der Waals surface area contributed by atoms with Crippen molar-refractivity contribution in [1.29, 1.82) is 0 Å². The number of hydrogen-bond acceptors (Lipinski definition) is 5. The van der Waals surface area contributed by atoms with Gasteiger partial charge in [-0.05, 0) is 43.4 Å². The molecule has 21 heavy (non-hydrogen) atoms. The molecule has 0 aliphatic carbocycles. The number of nitrogens with one attached hydrogen (secondary N) is 1. The van der Waals surface area contributed by atoms with E-state index in [0.29, 0.717) is 17.9 Å². The zero-order valence-electron chi connectivity index (χ0n) is 12.8. The van der Waals surface area contributed by atoms with E-state index >= 15 is 0 Å². The van der Waals surface area contributed by atoms with Gasteiger partial charge in [0.05, 0.1) is 23.5 Å². The van der Waals surface area contributed by atoms with Gasteiger partial charge < -0.3 is 20.5 Å². The number of ether oxygens (including phenoxy) is 2. The standard InChI is InChI=1S/C16H24N2O3/c1-3-21-15(19)12-4-5-14(13(17)10-12)18-11-16(2)6-8-20-9-7-16/h4-5,10,18H,3,6-9,11,17H2,1-2H3. The Labute approximate surface area is 125 Å². The van der Waals surface area contributed by atoms with Gasteiger partial charge in [-0.2, -0.15) is 0 Å². The molecule has 116 valence electrons. The first-order chi connectivity index (χ1) is 10.0. The Morgan fingerprint density at radius 1 is 1.43 bits per heavy atom. The third-order valence-electron chi connectivity index (χ3n) is 3.97. The van der Waals surface area contributed by atoms with E-state index in [4.69, 9.17) is 15.2 Å². The number of nitrogen functional groups attached to an aromatic ring is 1. The van der Waals surface area contributed by atoms with Crippen LogP contribution in [0.5, 0.6) is 0 Å². The van der Waals surface area contributed by atoms with Gasteiger partial charge in [-0.3, -0.25) is 0 Å². The summed E-state index contributed by atoms with van der Waals surface area (Å²) in [6.45, 7) is 6.88. The van der Waals surface area contributed by atoms with Crippen LogP contribution in [0.15, 0.2) is 18.2 Å². The zero-order valence-corrected chi connectivity index (χ0v) is 12.8. The van der Waals surface area contributed by atoms with Gasteiger partial charge in [-0.25, -0.2) is 4.79 Å². The molecule has 0 saturated carbocycles. The van der Waals surface area contributed by atoms with E-state index in [1.165, 1.54) is 0 Å². The predicted octanol–water partition coefficient (Wildman–Crippen LogP) is 2.67. The van der Waals surface area contributed by atoms with Crippen molar-refractivity contribution in [3.8, 4) is 0 Å². The molecular formula is C16H24N2O3. The van der Waals surface area contributed by atoms with Crippen LogP contribution in [0.2, 0.25) is 0 Å². The van der Waals surface area contributed by atoms with E-state index in [-0.39, 0.29) is 11.4 Å². The number of carbonyl (C=O) groups is 1. The lowest BCUT2D eigenvalue weighted by Gasteiger charge is -2.34. The largest absolute Gasteiger partial charge is 0.462 e. The summed E-state index contributed by atoms with van der Waals surface area (Å²) in [6.07, 6.45) is 2.08. The Morgan fingerprint density at radius 3 is 2.76 bits per heavy atom. The Bertz CT molecular complexity index is 496. The summed E-state index contributed by atoms with van der Waals surface area (Å²) < 4.78 is 10.4. The normalized spacial score (nSPS) is 17.2. The van der Waals surface area contributed by atoms with Crippen LogP contribution < -0.4 is 11.1 Å². The summed E-state index contributed by atoms with van der Waals surface area (Å²) in [7, 11) is 0. The topological polar surface area (TPSA) is 73.6 Å². The molecule has 2 rings (SSSR count). The first-order valence-corrected chi connectivity index (χ1v) is 7.42. The zero-order chi connectivity index (χ0) is 15.3. The van der Waals surface area contributed by atoms with Gasteiger partial charge in [0.25, 0.3) is 0 Å². The first kappa shape index (κ1) is 15.6. The van der Waals surface area contributed by atoms with Gasteiger partial charge in [-0.1, -0.05) is 6.92 Å². The second kappa shape index (κ2) is 6.80. The number of anilines is 2. The molecule has 0 radical (unpaired) electrons. The van der Waals surface area contributed by atoms with Crippen LogP contribution in [0, 0.1) is 5.41 Å². The summed E-state index contributed by atoms with van der Waals surface area (Å²) in [5, 5.41) is 3.39. The number of esters is 1. The average molecular weight is 292 g/mol. The molecule has 5 heteroatoms. The van der Waals surface area contributed by atoms with Crippen molar-refractivity contribution in [2.45, 2.75) is 26.7 Å². The van der Waals surface area contributed by atoms with Crippen LogP contribution in [0.25, 0.3) is 0 Å². The van der Waals surface area contributed by atoms with Gasteiger partial charge in [-0.15, -0.1) is 0 Å². The predicted molar refractivity (Wildman–Crippen MR) is 83.5 cm³/mol. The minimum Gasteiger partial charge on any atom is -0.462 e. The molecule has 1 saturated heterocycles. The Kier molecular flexibility index (Phi) is 5.07. The van der Waals surface area contributed by atoms with Gasteiger partial charge in [0.1, 0.15) is 0 Å². The third kappa shape index (κ3) is 4.11. The minimum absolute atomic E-state index is 0.227. The number of benzene rings is 1. The van der Waals surface area contributed by atoms with Crippen LogP contribution in [0.3, 0.4) is 0 Å². The van der Waals surface area contributed by atoms with Gasteiger partial charge >= 0.3 is 5.97 Å². The lowest BCUT2D eigenvalue weighted by molar-refractivity contribution is 0.0300. The highest BCUT2D eigenvalue weighted by molar-refractivity contribution is 5.91. The SMILES string of the molecule is CCOC(=O)c1ccc(NCC2(C)CCOCC2)c(N)c1. The van der Waals surface area contributed by atoms with Crippen molar-refractivity contribution < 1.29 is 14.3 Å². The maximum Gasteiger partial charge on any atom is 0.338 e. The van der Waals surface area contributed by atoms with Crippen LogP contribution >= 0.6 is 0 Å². The molecule has 1 aromatic rings. The van der Waals surface area contributed by atoms with Crippen LogP contribution in [-0.4, -0.2) is 32.3 Å². The summed E-state index contributed by atoms with van der Waals surface area (Å²) in [5.41, 5.74) is 8.15. The molecule has 1 fully saturated rings. The van der Waals surface area contributed by atoms with E-state index in [1.54, 1.807) is 19.1 Å². The van der Waals surface area contributed by atoms with Gasteiger partial charge in [0.15, 0.2) is 0 Å². The molecule has 1 aliphatic rings. The van der Waals surface area contributed by atoms with E-state index in [2.05, 4.69) is 12.2 Å². The maximum atomic E-state index is 11.7. The minimum atomic E-state index is -0.341. The highest BCUT2D eigenvalue weighted by Gasteiger charge is 2.27. The van der Waals surface area contributed by atoms with E-state index in [1.807, 2.05) is 6.07 Å². The molecule has 0 bridgehead atoms. The van der Waals surface area contributed by atoms with Crippen LogP contribution in [0.1, 0.15) is 37.0 Å². The van der Waals surface area contributed by atoms with Crippen molar-refractivity contribution in [3.05, 3.63) is 23.8 Å². The van der Waals surface area contributed by atoms with Crippen LogP contribution in [-0.2, 0) is 9.47 Å². The summed E-state index contributed by atoms with van der Waals surface area (Å²) in [6, 6.07) is 5.24. The van der Waals surface area contributed by atoms with Crippen molar-refractivity contribution in [3.63, 3.8) is 0 Å². The summed E-state index contributed by atoms with van der Waals surface area (Å²) in [5.74, 6) is -0.341. The molecule has 3 N–H and O–H groups in total. The molecule has 0 spiro atoms. The van der Waals surface area contributed by atoms with Crippen LogP contribution in [0.4, 0.5) is 11.4 Å². The molecule has 0 unspecified atom stereocenters. The number of rotatable bonds is 5. The third-order valence-corrected chi connectivity index (χ3v) is 3.97.